The van der Waals surface area contributed by atoms with Gasteiger partial charge in [-0.3, -0.25) is 14.7 Å². The van der Waals surface area contributed by atoms with E-state index in [0.29, 0.717) is 17.8 Å². The van der Waals surface area contributed by atoms with Gasteiger partial charge in [0.05, 0.1) is 6.42 Å². The van der Waals surface area contributed by atoms with Gasteiger partial charge in [0.2, 0.25) is 5.91 Å². The van der Waals surface area contributed by atoms with Gasteiger partial charge in [-0.05, 0) is 41.8 Å². The van der Waals surface area contributed by atoms with Crippen LogP contribution in [0.2, 0.25) is 0 Å². The Balaban J connectivity index is 1.40. The van der Waals surface area contributed by atoms with E-state index in [1.165, 1.54) is 11.8 Å². The fraction of sp³-hybridized carbons (Fsp3) is 0.150. The van der Waals surface area contributed by atoms with E-state index in [0.717, 1.165) is 24.2 Å². The van der Waals surface area contributed by atoms with Gasteiger partial charge in [0.1, 0.15) is 5.69 Å². The summed E-state index contributed by atoms with van der Waals surface area (Å²) in [5.74, 6) is -0.163. The zero-order valence-corrected chi connectivity index (χ0v) is 14.1. The number of H-pyrrole nitrogens is 1. The second-order valence-electron chi connectivity index (χ2n) is 6.22. The van der Waals surface area contributed by atoms with Crippen molar-refractivity contribution in [3.63, 3.8) is 0 Å². The van der Waals surface area contributed by atoms with Crippen LogP contribution < -0.4 is 10.2 Å². The van der Waals surface area contributed by atoms with Gasteiger partial charge in [0.25, 0.3) is 5.91 Å². The third-order valence-electron chi connectivity index (χ3n) is 4.50. The second kappa shape index (κ2) is 6.84. The van der Waals surface area contributed by atoms with Gasteiger partial charge in [-0.1, -0.05) is 30.3 Å². The summed E-state index contributed by atoms with van der Waals surface area (Å²) < 4.78 is 0. The van der Waals surface area contributed by atoms with Crippen LogP contribution in [0.1, 0.15) is 21.6 Å². The quantitative estimate of drug-likeness (QED) is 0.762. The summed E-state index contributed by atoms with van der Waals surface area (Å²) in [5.41, 5.74) is 4.22. The van der Waals surface area contributed by atoms with E-state index in [2.05, 4.69) is 21.6 Å². The van der Waals surface area contributed by atoms with Gasteiger partial charge in [0.15, 0.2) is 0 Å². The number of amides is 2. The molecule has 26 heavy (non-hydrogen) atoms. The van der Waals surface area contributed by atoms with Crippen LogP contribution in [0.15, 0.2) is 60.8 Å². The number of hydrogen-bond acceptors (Lipinski definition) is 3. The Hall–Kier alpha value is -3.41. The highest BCUT2D eigenvalue weighted by Crippen LogP contribution is 2.28. The summed E-state index contributed by atoms with van der Waals surface area (Å²) in [4.78, 5) is 26.5. The van der Waals surface area contributed by atoms with Crippen LogP contribution in [-0.4, -0.2) is 28.6 Å². The molecule has 1 aromatic heterocycles. The molecule has 6 heteroatoms. The topological polar surface area (TPSA) is 78.1 Å². The molecule has 0 spiro atoms. The van der Waals surface area contributed by atoms with Crippen LogP contribution in [-0.2, 0) is 17.6 Å². The molecule has 0 saturated carbocycles. The second-order valence-corrected chi connectivity index (χ2v) is 6.22. The number of carbonyl (C=O) groups is 2. The summed E-state index contributed by atoms with van der Waals surface area (Å²) in [6.45, 7) is 0.733. The van der Waals surface area contributed by atoms with Crippen molar-refractivity contribution in [1.29, 1.82) is 0 Å². The summed E-state index contributed by atoms with van der Waals surface area (Å²) in [5, 5.41) is 9.17. The first-order valence-electron chi connectivity index (χ1n) is 8.48. The molecule has 0 bridgehead atoms. The molecule has 6 nitrogen and oxygen atoms in total. The lowest BCUT2D eigenvalue weighted by atomic mass is 10.1. The molecular formula is C20H18N4O2. The first-order chi connectivity index (χ1) is 12.7. The van der Waals surface area contributed by atoms with Crippen molar-refractivity contribution in [2.75, 3.05) is 16.8 Å². The first kappa shape index (κ1) is 16.1. The third-order valence-corrected chi connectivity index (χ3v) is 4.50. The molecule has 0 fully saturated rings. The molecule has 4 rings (SSSR count). The van der Waals surface area contributed by atoms with Crippen LogP contribution in [0.25, 0.3) is 0 Å². The van der Waals surface area contributed by atoms with E-state index in [1.54, 1.807) is 18.2 Å². The molecule has 0 atom stereocenters. The fourth-order valence-corrected chi connectivity index (χ4v) is 3.15. The van der Waals surface area contributed by atoms with Gasteiger partial charge in [0, 0.05) is 24.1 Å². The number of nitrogens with zero attached hydrogens (tertiary/aromatic N) is 2. The number of nitrogens with one attached hydrogen (secondary N) is 2. The zero-order chi connectivity index (χ0) is 17.9. The summed E-state index contributed by atoms with van der Waals surface area (Å²) in [6.07, 6.45) is 2.77. The van der Waals surface area contributed by atoms with E-state index in [9.17, 15) is 9.59 Å². The third kappa shape index (κ3) is 3.21. The van der Waals surface area contributed by atoms with Crippen LogP contribution in [0.4, 0.5) is 11.4 Å². The lowest BCUT2D eigenvalue weighted by Crippen LogP contribution is -2.30. The van der Waals surface area contributed by atoms with Crippen molar-refractivity contribution in [3.05, 3.63) is 77.6 Å². The summed E-state index contributed by atoms with van der Waals surface area (Å²) in [7, 11) is 0. The number of fused-ring (bicyclic) bond motifs is 1. The minimum atomic E-state index is -0.250. The average Bonchev–Trinajstić information content (AvgIpc) is 3.33. The molecule has 2 aromatic carbocycles. The van der Waals surface area contributed by atoms with E-state index < -0.39 is 0 Å². The summed E-state index contributed by atoms with van der Waals surface area (Å²) in [6, 6.07) is 17.0. The predicted molar refractivity (Wildman–Crippen MR) is 99.2 cm³/mol. The number of hydrogen-bond donors (Lipinski definition) is 2. The summed E-state index contributed by atoms with van der Waals surface area (Å²) >= 11 is 0. The smallest absolute Gasteiger partial charge is 0.273 e. The normalized spacial score (nSPS) is 12.7. The molecular weight excluding hydrogens is 328 g/mol. The molecule has 3 aromatic rings. The number of anilines is 2. The predicted octanol–water partition coefficient (Wildman–Crippen LogP) is 2.79. The first-order valence-corrected chi connectivity index (χ1v) is 8.48. The standard InChI is InChI=1S/C20H18N4O2/c25-19(24-12-10-15-3-1-2-4-18(15)24)13-14-5-7-16(8-6-14)22-20(26)17-9-11-21-23-17/h1-9,11H,10,12-13H2,(H,21,23)(H,22,26). The number of rotatable bonds is 4. The van der Waals surface area contributed by atoms with E-state index in [1.807, 2.05) is 35.2 Å². The molecule has 0 aliphatic carbocycles. The minimum Gasteiger partial charge on any atom is -0.321 e. The van der Waals surface area contributed by atoms with Crippen LogP contribution in [0.5, 0.6) is 0 Å². The van der Waals surface area contributed by atoms with Crippen molar-refractivity contribution in [1.82, 2.24) is 10.2 Å². The van der Waals surface area contributed by atoms with Gasteiger partial charge >= 0.3 is 0 Å². The van der Waals surface area contributed by atoms with E-state index in [4.69, 9.17) is 0 Å². The molecule has 2 amide bonds. The Bertz CT molecular complexity index is 933. The number of para-hydroxylation sites is 1. The number of aromatic nitrogens is 2. The number of aromatic amines is 1. The van der Waals surface area contributed by atoms with Crippen molar-refractivity contribution in [3.8, 4) is 0 Å². The van der Waals surface area contributed by atoms with E-state index >= 15 is 0 Å². The van der Waals surface area contributed by atoms with Gasteiger partial charge in [-0.2, -0.15) is 5.10 Å². The zero-order valence-electron chi connectivity index (χ0n) is 14.1. The SMILES string of the molecule is O=C(Nc1ccc(CC(=O)N2CCc3ccccc32)cc1)c1ccn[nH]1. The Labute approximate surface area is 150 Å². The lowest BCUT2D eigenvalue weighted by Gasteiger charge is -2.17. The Kier molecular flexibility index (Phi) is 4.23. The van der Waals surface area contributed by atoms with Crippen LogP contribution >= 0.6 is 0 Å². The van der Waals surface area contributed by atoms with E-state index in [-0.39, 0.29) is 11.8 Å². The Morgan fingerprint density at radius 3 is 2.65 bits per heavy atom. The highest BCUT2D eigenvalue weighted by molar-refractivity contribution is 6.02. The Morgan fingerprint density at radius 1 is 1.08 bits per heavy atom. The molecule has 0 radical (unpaired) electrons. The van der Waals surface area contributed by atoms with Crippen molar-refractivity contribution < 1.29 is 9.59 Å². The van der Waals surface area contributed by atoms with Crippen molar-refractivity contribution >= 4 is 23.2 Å². The number of benzene rings is 2. The molecule has 1 aliphatic heterocycles. The monoisotopic (exact) mass is 346 g/mol. The highest BCUT2D eigenvalue weighted by Gasteiger charge is 2.23. The molecule has 0 saturated heterocycles. The minimum absolute atomic E-state index is 0.0872. The maximum atomic E-state index is 12.6. The lowest BCUT2D eigenvalue weighted by molar-refractivity contribution is -0.117. The fourth-order valence-electron chi connectivity index (χ4n) is 3.15. The maximum absolute atomic E-state index is 12.6. The molecule has 0 unspecified atom stereocenters. The maximum Gasteiger partial charge on any atom is 0.273 e. The Morgan fingerprint density at radius 2 is 1.88 bits per heavy atom. The largest absolute Gasteiger partial charge is 0.321 e. The van der Waals surface area contributed by atoms with Gasteiger partial charge in [-0.15, -0.1) is 0 Å². The van der Waals surface area contributed by atoms with Crippen molar-refractivity contribution in [2.45, 2.75) is 12.8 Å². The van der Waals surface area contributed by atoms with Crippen LogP contribution in [0, 0.1) is 0 Å². The average molecular weight is 346 g/mol. The molecule has 130 valence electrons. The molecule has 1 aliphatic rings. The number of carbonyl (C=O) groups excluding carboxylic acids is 2. The van der Waals surface area contributed by atoms with Gasteiger partial charge in [-0.25, -0.2) is 0 Å². The highest BCUT2D eigenvalue weighted by atomic mass is 16.2. The molecule has 2 heterocycles. The molecule has 2 N–H and O–H groups in total. The van der Waals surface area contributed by atoms with Crippen molar-refractivity contribution in [2.24, 2.45) is 0 Å². The van der Waals surface area contributed by atoms with Gasteiger partial charge < -0.3 is 10.2 Å². The van der Waals surface area contributed by atoms with Crippen LogP contribution in [0.3, 0.4) is 0 Å².